The molecule has 0 saturated carbocycles. The van der Waals surface area contributed by atoms with Gasteiger partial charge < -0.3 is 4.74 Å². The maximum atomic E-state index is 13.3. The first-order valence-corrected chi connectivity index (χ1v) is 10.4. The number of ether oxygens (including phenoxy) is 1. The van der Waals surface area contributed by atoms with Crippen LogP contribution in [0.5, 0.6) is 5.75 Å². The predicted octanol–water partition coefficient (Wildman–Crippen LogP) is 4.30. The molecule has 0 aliphatic rings. The summed E-state index contributed by atoms with van der Waals surface area (Å²) in [5, 5.41) is 12.1. The number of rotatable bonds is 6. The first-order valence-electron chi connectivity index (χ1n) is 9.37. The summed E-state index contributed by atoms with van der Waals surface area (Å²) in [5.74, 6) is 1.32. The zero-order valence-electron chi connectivity index (χ0n) is 16.8. The first-order chi connectivity index (χ1) is 15.0. The quantitative estimate of drug-likeness (QED) is 0.193. The number of benzene rings is 2. The Morgan fingerprint density at radius 1 is 1.16 bits per heavy atom. The van der Waals surface area contributed by atoms with E-state index in [0.717, 1.165) is 5.56 Å². The lowest BCUT2D eigenvalue weighted by Crippen LogP contribution is -2.22. The van der Waals surface area contributed by atoms with Gasteiger partial charge in [0, 0.05) is 29.6 Å². The molecule has 9 heteroatoms. The van der Waals surface area contributed by atoms with Crippen molar-refractivity contribution in [3.63, 3.8) is 0 Å². The second-order valence-corrected chi connectivity index (χ2v) is 7.73. The van der Waals surface area contributed by atoms with E-state index in [1.807, 2.05) is 25.1 Å². The van der Waals surface area contributed by atoms with E-state index in [9.17, 15) is 14.9 Å². The number of non-ortho nitro benzene ring substituents is 1. The molecule has 156 valence electrons. The third-order valence-electron chi connectivity index (χ3n) is 4.71. The summed E-state index contributed by atoms with van der Waals surface area (Å²) >= 11 is 1.29. The van der Waals surface area contributed by atoms with Crippen molar-refractivity contribution in [2.45, 2.75) is 17.8 Å². The van der Waals surface area contributed by atoms with E-state index in [-0.39, 0.29) is 11.2 Å². The number of hydrogen-bond acceptors (Lipinski definition) is 7. The molecule has 2 heterocycles. The largest absolute Gasteiger partial charge is 0.496 e. The van der Waals surface area contributed by atoms with Crippen LogP contribution in [0.1, 0.15) is 11.1 Å². The van der Waals surface area contributed by atoms with E-state index < -0.39 is 4.92 Å². The van der Waals surface area contributed by atoms with Crippen LogP contribution in [0.15, 0.2) is 70.7 Å². The van der Waals surface area contributed by atoms with Gasteiger partial charge in [-0.25, -0.2) is 14.5 Å². The summed E-state index contributed by atoms with van der Waals surface area (Å²) < 4.78 is 6.83. The Morgan fingerprint density at radius 3 is 2.71 bits per heavy atom. The second kappa shape index (κ2) is 8.57. The molecule has 0 unspecified atom stereocenters. The first kappa shape index (κ1) is 20.5. The fourth-order valence-electron chi connectivity index (χ4n) is 3.19. The van der Waals surface area contributed by atoms with Crippen molar-refractivity contribution in [2.24, 2.45) is 0 Å². The monoisotopic (exact) mass is 434 g/mol. The molecule has 0 aliphatic heterocycles. The maximum absolute atomic E-state index is 13.3. The van der Waals surface area contributed by atoms with Gasteiger partial charge in [0.25, 0.3) is 11.2 Å². The summed E-state index contributed by atoms with van der Waals surface area (Å²) in [4.78, 5) is 33.1. The molecule has 2 aromatic carbocycles. The normalized spacial score (nSPS) is 10.9. The standard InChI is InChI=1S/C22H18N4O4S/c1-14-9-10-23-20(11-14)25-21(27)17-5-3-4-6-18(17)24-22(25)31-13-15-12-16(26(28)29)7-8-19(15)30-2/h3-12H,13H2,1-2H3. The van der Waals surface area contributed by atoms with Gasteiger partial charge in [0.15, 0.2) is 5.16 Å². The van der Waals surface area contributed by atoms with Crippen molar-refractivity contribution in [2.75, 3.05) is 7.11 Å². The fourth-order valence-corrected chi connectivity index (χ4v) is 4.17. The SMILES string of the molecule is COc1ccc([N+](=O)[O-])cc1CSc1nc2ccccc2c(=O)n1-c1cc(C)ccn1. The zero-order valence-corrected chi connectivity index (χ0v) is 17.6. The van der Waals surface area contributed by atoms with Gasteiger partial charge in [-0.3, -0.25) is 14.9 Å². The van der Waals surface area contributed by atoms with Crippen molar-refractivity contribution in [1.82, 2.24) is 14.5 Å². The van der Waals surface area contributed by atoms with Gasteiger partial charge in [-0.1, -0.05) is 23.9 Å². The lowest BCUT2D eigenvalue weighted by molar-refractivity contribution is -0.384. The molecule has 0 bridgehead atoms. The zero-order chi connectivity index (χ0) is 22.0. The number of aryl methyl sites for hydroxylation is 1. The number of nitrogens with zero attached hydrogens (tertiary/aromatic N) is 4. The molecule has 4 rings (SSSR count). The number of para-hydroxylation sites is 1. The Labute approximate surface area is 181 Å². The summed E-state index contributed by atoms with van der Waals surface area (Å²) in [6.45, 7) is 1.92. The van der Waals surface area contributed by atoms with E-state index in [0.29, 0.717) is 38.9 Å². The van der Waals surface area contributed by atoms with Crippen molar-refractivity contribution in [1.29, 1.82) is 0 Å². The van der Waals surface area contributed by atoms with E-state index in [1.165, 1.54) is 35.6 Å². The minimum Gasteiger partial charge on any atom is -0.496 e. The maximum Gasteiger partial charge on any atom is 0.270 e. The molecular weight excluding hydrogens is 416 g/mol. The van der Waals surface area contributed by atoms with Crippen LogP contribution in [-0.4, -0.2) is 26.6 Å². The number of nitro groups is 1. The predicted molar refractivity (Wildman–Crippen MR) is 119 cm³/mol. The van der Waals surface area contributed by atoms with Gasteiger partial charge in [-0.05, 0) is 42.8 Å². The lowest BCUT2D eigenvalue weighted by atomic mass is 10.2. The van der Waals surface area contributed by atoms with Crippen LogP contribution in [0.25, 0.3) is 16.7 Å². The average molecular weight is 434 g/mol. The van der Waals surface area contributed by atoms with Gasteiger partial charge in [0.05, 0.1) is 22.9 Å². The smallest absolute Gasteiger partial charge is 0.270 e. The van der Waals surface area contributed by atoms with Crippen molar-refractivity contribution in [3.8, 4) is 11.6 Å². The highest BCUT2D eigenvalue weighted by Gasteiger charge is 2.17. The topological polar surface area (TPSA) is 100 Å². The van der Waals surface area contributed by atoms with E-state index in [4.69, 9.17) is 4.74 Å². The Bertz CT molecular complexity index is 1350. The number of methoxy groups -OCH3 is 1. The average Bonchev–Trinajstić information content (AvgIpc) is 2.77. The molecule has 0 saturated heterocycles. The molecule has 0 atom stereocenters. The third kappa shape index (κ3) is 4.13. The molecule has 0 radical (unpaired) electrons. The highest BCUT2D eigenvalue weighted by molar-refractivity contribution is 7.98. The molecular formula is C22H18N4O4S. The second-order valence-electron chi connectivity index (χ2n) is 6.79. The van der Waals surface area contributed by atoms with Crippen LogP contribution in [-0.2, 0) is 5.75 Å². The number of nitro benzene ring substituents is 1. The van der Waals surface area contributed by atoms with Gasteiger partial charge in [-0.2, -0.15) is 0 Å². The molecule has 0 aliphatic carbocycles. The molecule has 0 N–H and O–H groups in total. The molecule has 0 fully saturated rings. The Balaban J connectivity index is 1.83. The van der Waals surface area contributed by atoms with Gasteiger partial charge in [0.2, 0.25) is 0 Å². The molecule has 8 nitrogen and oxygen atoms in total. The molecule has 4 aromatic rings. The lowest BCUT2D eigenvalue weighted by Gasteiger charge is -2.13. The van der Waals surface area contributed by atoms with Crippen LogP contribution < -0.4 is 10.3 Å². The van der Waals surface area contributed by atoms with Crippen molar-refractivity contribution in [3.05, 3.63) is 92.4 Å². The highest BCUT2D eigenvalue weighted by Crippen LogP contribution is 2.31. The minimum atomic E-state index is -0.450. The number of pyridine rings is 1. The number of hydrogen-bond donors (Lipinski definition) is 0. The minimum absolute atomic E-state index is 0.0272. The number of thioether (sulfide) groups is 1. The summed E-state index contributed by atoms with van der Waals surface area (Å²) in [7, 11) is 1.51. The van der Waals surface area contributed by atoms with E-state index >= 15 is 0 Å². The highest BCUT2D eigenvalue weighted by atomic mass is 32.2. The van der Waals surface area contributed by atoms with E-state index in [1.54, 1.807) is 30.5 Å². The van der Waals surface area contributed by atoms with Gasteiger partial charge >= 0.3 is 0 Å². The summed E-state index contributed by atoms with van der Waals surface area (Å²) in [5.41, 5.74) is 1.91. The van der Waals surface area contributed by atoms with Crippen LogP contribution in [0, 0.1) is 17.0 Å². The van der Waals surface area contributed by atoms with Crippen molar-refractivity contribution >= 4 is 28.4 Å². The fraction of sp³-hybridized carbons (Fsp3) is 0.136. The number of aromatic nitrogens is 3. The molecule has 2 aromatic heterocycles. The van der Waals surface area contributed by atoms with Crippen LogP contribution in [0.2, 0.25) is 0 Å². The van der Waals surface area contributed by atoms with Gasteiger partial charge in [0.1, 0.15) is 11.6 Å². The van der Waals surface area contributed by atoms with Crippen LogP contribution >= 0.6 is 11.8 Å². The molecule has 31 heavy (non-hydrogen) atoms. The van der Waals surface area contributed by atoms with E-state index in [2.05, 4.69) is 9.97 Å². The number of fused-ring (bicyclic) bond motifs is 1. The summed E-state index contributed by atoms with van der Waals surface area (Å²) in [6, 6.07) is 15.2. The van der Waals surface area contributed by atoms with Gasteiger partial charge in [-0.15, -0.1) is 0 Å². The van der Waals surface area contributed by atoms with Crippen molar-refractivity contribution < 1.29 is 9.66 Å². The van der Waals surface area contributed by atoms with Crippen LogP contribution in [0.3, 0.4) is 0 Å². The summed E-state index contributed by atoms with van der Waals surface area (Å²) in [6.07, 6.45) is 1.64. The Morgan fingerprint density at radius 2 is 1.97 bits per heavy atom. The third-order valence-corrected chi connectivity index (χ3v) is 5.69. The Kier molecular flexibility index (Phi) is 5.68. The molecule has 0 amide bonds. The Hall–Kier alpha value is -3.72. The van der Waals surface area contributed by atoms with Crippen LogP contribution in [0.4, 0.5) is 5.69 Å². The molecule has 0 spiro atoms.